The zero-order valence-corrected chi connectivity index (χ0v) is 7.93. The van der Waals surface area contributed by atoms with E-state index < -0.39 is 16.1 Å². The minimum Gasteiger partial charge on any atom is -0.481 e. The second kappa shape index (κ2) is 10.3. The van der Waals surface area contributed by atoms with Gasteiger partial charge in [-0.3, -0.25) is 13.7 Å². The minimum absolute atomic E-state index is 0.222. The van der Waals surface area contributed by atoms with Gasteiger partial charge in [0.15, 0.2) is 0 Å². The molecule has 0 radical (unpaired) electrons. The van der Waals surface area contributed by atoms with E-state index in [4.69, 9.17) is 9.66 Å². The van der Waals surface area contributed by atoms with Crippen molar-refractivity contribution in [3.05, 3.63) is 0 Å². The van der Waals surface area contributed by atoms with Crippen LogP contribution in [0.3, 0.4) is 0 Å². The summed E-state index contributed by atoms with van der Waals surface area (Å²) >= 11 is 0. The summed E-state index contributed by atoms with van der Waals surface area (Å²) in [6, 6.07) is 0. The van der Waals surface area contributed by atoms with Crippen molar-refractivity contribution in [1.82, 2.24) is 0 Å². The van der Waals surface area contributed by atoms with Crippen molar-refractivity contribution < 1.29 is 27.3 Å². The summed E-state index contributed by atoms with van der Waals surface area (Å²) in [4.78, 5) is 9.37. The first-order valence-corrected chi connectivity index (χ1v) is 4.64. The zero-order valence-electron chi connectivity index (χ0n) is 7.11. The van der Waals surface area contributed by atoms with E-state index in [1.165, 1.54) is 0 Å². The lowest BCUT2D eigenvalue weighted by Crippen LogP contribution is -1.88. The predicted octanol–water partition coefficient (Wildman–Crippen LogP) is 0.571. The van der Waals surface area contributed by atoms with E-state index in [0.29, 0.717) is 13.4 Å². The Morgan fingerprint density at radius 1 is 1.42 bits per heavy atom. The van der Waals surface area contributed by atoms with Crippen LogP contribution in [0.4, 0.5) is 4.39 Å². The molecule has 0 unspecified atom stereocenters. The third-order valence-corrected chi connectivity index (χ3v) is 0.302. The molecule has 0 amide bonds. The maximum absolute atomic E-state index is 9.50. The molecule has 0 spiro atoms. The second-order valence-corrected chi connectivity index (χ2v) is 2.95. The average Bonchev–Trinajstić information content (AvgIpc) is 1.89. The Morgan fingerprint density at radius 3 is 1.50 bits per heavy atom. The number of halogens is 1. The number of hydrogen-bond donors (Lipinski definition) is 2. The number of carboxylic acid groups (broad SMARTS) is 1. The van der Waals surface area contributed by atoms with Crippen LogP contribution in [0, 0.1) is 0 Å². The third kappa shape index (κ3) is 375. The number of carboxylic acids is 1. The first-order valence-electron chi connectivity index (χ1n) is 2.79. The van der Waals surface area contributed by atoms with Crippen LogP contribution in [0.1, 0.15) is 13.3 Å². The van der Waals surface area contributed by atoms with E-state index in [-0.39, 0.29) is 6.42 Å². The molecule has 0 aromatic carbocycles. The summed E-state index contributed by atoms with van der Waals surface area (Å²) < 4.78 is 35.4. The molecule has 76 valence electrons. The van der Waals surface area contributed by atoms with Gasteiger partial charge in [0.2, 0.25) is 0 Å². The molecule has 0 aromatic rings. The molecule has 0 fully saturated rings. The lowest BCUT2D eigenvalue weighted by Gasteiger charge is -1.71. The molecule has 0 saturated heterocycles. The minimum atomic E-state index is -3.67. The normalized spacial score (nSPS) is 8.42. The number of rotatable bonds is 1. The van der Waals surface area contributed by atoms with Crippen LogP contribution >= 0.6 is 0 Å². The van der Waals surface area contributed by atoms with Crippen LogP contribution in [0.25, 0.3) is 0 Å². The standard InChI is InChI=1S/C3H6O2.CH3F.CH4O3S/c1-2-3(4)5;1-2;1-5(2,3)4/h2H2,1H3,(H,4,5);1H3;1H3,(H,2,3,4). The van der Waals surface area contributed by atoms with Crippen LogP contribution < -0.4 is 0 Å². The van der Waals surface area contributed by atoms with Gasteiger partial charge in [0.1, 0.15) is 0 Å². The van der Waals surface area contributed by atoms with Gasteiger partial charge < -0.3 is 5.11 Å². The highest BCUT2D eigenvalue weighted by molar-refractivity contribution is 7.85. The van der Waals surface area contributed by atoms with Crippen molar-refractivity contribution in [2.24, 2.45) is 0 Å². The molecule has 0 aliphatic rings. The summed E-state index contributed by atoms with van der Waals surface area (Å²) in [7, 11) is -3.17. The van der Waals surface area contributed by atoms with E-state index in [0.717, 1.165) is 0 Å². The first kappa shape index (κ1) is 17.4. The van der Waals surface area contributed by atoms with E-state index in [9.17, 15) is 17.6 Å². The molecule has 0 saturated carbocycles. The van der Waals surface area contributed by atoms with Crippen LogP contribution in [0.2, 0.25) is 0 Å². The molecule has 0 heterocycles. The Labute approximate surface area is 71.0 Å². The van der Waals surface area contributed by atoms with Gasteiger partial charge in [0, 0.05) is 6.42 Å². The van der Waals surface area contributed by atoms with Crippen molar-refractivity contribution in [3.8, 4) is 0 Å². The lowest BCUT2D eigenvalue weighted by atomic mass is 10.5. The largest absolute Gasteiger partial charge is 0.481 e. The Balaban J connectivity index is -0.000000112. The molecule has 0 aromatic heterocycles. The fraction of sp³-hybridized carbons (Fsp3) is 0.800. The van der Waals surface area contributed by atoms with Crippen LogP contribution in [-0.4, -0.2) is 37.5 Å². The van der Waals surface area contributed by atoms with Crippen molar-refractivity contribution in [1.29, 1.82) is 0 Å². The van der Waals surface area contributed by atoms with Gasteiger partial charge in [-0.25, -0.2) is 0 Å². The third-order valence-electron chi connectivity index (χ3n) is 0.302. The van der Waals surface area contributed by atoms with Gasteiger partial charge in [-0.1, -0.05) is 6.92 Å². The fourth-order valence-electron chi connectivity index (χ4n) is 0. The number of hydrogen-bond acceptors (Lipinski definition) is 3. The van der Waals surface area contributed by atoms with E-state index >= 15 is 0 Å². The Hall–Kier alpha value is -0.690. The van der Waals surface area contributed by atoms with Gasteiger partial charge in [-0.15, -0.1) is 0 Å². The Bertz CT molecular complexity index is 178. The Kier molecular flexibility index (Phi) is 15.0. The summed E-state index contributed by atoms with van der Waals surface area (Å²) in [6.45, 7) is 1.60. The van der Waals surface area contributed by atoms with Gasteiger partial charge in [-0.2, -0.15) is 8.42 Å². The van der Waals surface area contributed by atoms with Crippen LogP contribution in [-0.2, 0) is 14.9 Å². The number of carbonyl (C=O) groups is 1. The topological polar surface area (TPSA) is 91.7 Å². The maximum atomic E-state index is 9.50. The molecule has 5 nitrogen and oxygen atoms in total. The van der Waals surface area contributed by atoms with Gasteiger partial charge >= 0.3 is 5.97 Å². The van der Waals surface area contributed by atoms with Gasteiger partial charge in [0.05, 0.1) is 13.4 Å². The van der Waals surface area contributed by atoms with Crippen molar-refractivity contribution in [2.75, 3.05) is 13.4 Å². The molecule has 12 heavy (non-hydrogen) atoms. The summed E-state index contributed by atoms with van der Waals surface area (Å²) in [5.41, 5.74) is 0. The molecule has 0 bridgehead atoms. The highest BCUT2D eigenvalue weighted by Crippen LogP contribution is 1.67. The summed E-state index contributed by atoms with van der Waals surface area (Å²) in [5.74, 6) is -0.745. The Morgan fingerprint density at radius 2 is 1.50 bits per heavy atom. The number of alkyl halides is 1. The molecule has 0 rings (SSSR count). The highest BCUT2D eigenvalue weighted by atomic mass is 32.2. The van der Waals surface area contributed by atoms with Crippen LogP contribution in [0.15, 0.2) is 0 Å². The fourth-order valence-corrected chi connectivity index (χ4v) is 0. The smallest absolute Gasteiger partial charge is 0.303 e. The number of aliphatic carboxylic acids is 1. The van der Waals surface area contributed by atoms with Gasteiger partial charge in [0.25, 0.3) is 10.1 Å². The molecule has 2 N–H and O–H groups in total. The van der Waals surface area contributed by atoms with Gasteiger partial charge in [-0.05, 0) is 0 Å². The van der Waals surface area contributed by atoms with E-state index in [1.807, 2.05) is 0 Å². The van der Waals surface area contributed by atoms with Crippen LogP contribution in [0.5, 0.6) is 0 Å². The van der Waals surface area contributed by atoms with E-state index in [1.54, 1.807) is 6.92 Å². The quantitative estimate of drug-likeness (QED) is 0.609. The average molecular weight is 204 g/mol. The zero-order chi connectivity index (χ0) is 10.8. The summed E-state index contributed by atoms with van der Waals surface area (Å²) in [6.07, 6.45) is 0.937. The lowest BCUT2D eigenvalue weighted by molar-refractivity contribution is -0.136. The molecule has 0 atom stereocenters. The molecule has 0 aliphatic heterocycles. The second-order valence-electron chi connectivity index (χ2n) is 1.48. The molecule has 7 heteroatoms. The van der Waals surface area contributed by atoms with Crippen molar-refractivity contribution in [3.63, 3.8) is 0 Å². The van der Waals surface area contributed by atoms with E-state index in [2.05, 4.69) is 0 Å². The monoisotopic (exact) mass is 204 g/mol. The molecule has 0 aliphatic carbocycles. The summed E-state index contributed by atoms with van der Waals surface area (Å²) in [5, 5.41) is 7.72. The molecular weight excluding hydrogens is 191 g/mol. The molecular formula is C5H13FO5S. The maximum Gasteiger partial charge on any atom is 0.303 e. The predicted molar refractivity (Wildman–Crippen MR) is 42.4 cm³/mol. The first-order chi connectivity index (χ1) is 5.27. The SMILES string of the molecule is CCC(=O)O.CF.CS(=O)(=O)O. The highest BCUT2D eigenvalue weighted by Gasteiger charge is 1.81. The van der Waals surface area contributed by atoms with Crippen molar-refractivity contribution >= 4 is 16.1 Å². The van der Waals surface area contributed by atoms with Crippen molar-refractivity contribution in [2.45, 2.75) is 13.3 Å².